The van der Waals surface area contributed by atoms with E-state index in [4.69, 9.17) is 9.47 Å². The Morgan fingerprint density at radius 2 is 1.94 bits per heavy atom. The van der Waals surface area contributed by atoms with Crippen LogP contribution in [0.2, 0.25) is 0 Å². The highest BCUT2D eigenvalue weighted by atomic mass is 127. The zero-order chi connectivity index (χ0) is 13.2. The fourth-order valence-corrected chi connectivity index (χ4v) is 2.67. The molecule has 1 saturated heterocycles. The number of hydrogen-bond donors (Lipinski definition) is 0. The normalized spacial score (nSPS) is 19.6. The van der Waals surface area contributed by atoms with Crippen molar-refractivity contribution >= 4 is 22.6 Å². The molecule has 18 heavy (non-hydrogen) atoms. The molecule has 0 amide bonds. The predicted molar refractivity (Wildman–Crippen MR) is 82.5 cm³/mol. The van der Waals surface area contributed by atoms with Crippen molar-refractivity contribution in [2.45, 2.75) is 38.4 Å². The largest absolute Gasteiger partial charge is 0.376 e. The number of halogens is 1. The lowest BCUT2D eigenvalue weighted by Gasteiger charge is -2.37. The first-order valence-corrected chi connectivity index (χ1v) is 7.99. The molecule has 1 aromatic rings. The lowest BCUT2D eigenvalue weighted by atomic mass is 9.94. The molecule has 2 nitrogen and oxygen atoms in total. The van der Waals surface area contributed by atoms with Crippen molar-refractivity contribution in [1.29, 1.82) is 0 Å². The summed E-state index contributed by atoms with van der Waals surface area (Å²) in [6, 6.07) is 8.83. The maximum atomic E-state index is 6.18. The van der Waals surface area contributed by atoms with E-state index in [-0.39, 0.29) is 11.7 Å². The summed E-state index contributed by atoms with van der Waals surface area (Å²) < 4.78 is 12.3. The maximum Gasteiger partial charge on any atom is 0.105 e. The van der Waals surface area contributed by atoms with Crippen LogP contribution in [0.3, 0.4) is 0 Å². The third-order valence-corrected chi connectivity index (χ3v) is 4.93. The lowest BCUT2D eigenvalue weighted by molar-refractivity contribution is -0.183. The number of hydrogen-bond acceptors (Lipinski definition) is 2. The van der Waals surface area contributed by atoms with Gasteiger partial charge in [0.05, 0.1) is 18.8 Å². The second kappa shape index (κ2) is 5.88. The lowest BCUT2D eigenvalue weighted by Crippen LogP contribution is -2.43. The van der Waals surface area contributed by atoms with Crippen LogP contribution in [0.1, 0.15) is 37.8 Å². The van der Waals surface area contributed by atoms with E-state index in [0.717, 1.165) is 17.6 Å². The molecule has 1 aromatic carbocycles. The summed E-state index contributed by atoms with van der Waals surface area (Å²) in [4.78, 5) is 0. The monoisotopic (exact) mass is 360 g/mol. The molecule has 1 atom stereocenters. The third kappa shape index (κ3) is 3.06. The molecule has 0 saturated carbocycles. The summed E-state index contributed by atoms with van der Waals surface area (Å²) in [6.07, 6.45) is 0.259. The van der Waals surface area contributed by atoms with Gasteiger partial charge < -0.3 is 9.47 Å². The Balaban J connectivity index is 2.14. The molecule has 1 aliphatic rings. The van der Waals surface area contributed by atoms with E-state index in [9.17, 15) is 0 Å². The maximum absolute atomic E-state index is 6.18. The number of benzene rings is 1. The molecule has 1 aliphatic heterocycles. The minimum absolute atomic E-state index is 0.204. The average molecular weight is 360 g/mol. The van der Waals surface area contributed by atoms with Gasteiger partial charge in [-0.2, -0.15) is 0 Å². The van der Waals surface area contributed by atoms with Crippen molar-refractivity contribution < 1.29 is 9.47 Å². The number of ether oxygens (including phenoxy) is 2. The highest BCUT2D eigenvalue weighted by Crippen LogP contribution is 2.31. The van der Waals surface area contributed by atoms with Gasteiger partial charge in [-0.3, -0.25) is 0 Å². The van der Waals surface area contributed by atoms with Crippen LogP contribution in [0.15, 0.2) is 24.3 Å². The highest BCUT2D eigenvalue weighted by molar-refractivity contribution is 14.1. The van der Waals surface area contributed by atoms with Crippen molar-refractivity contribution in [2.24, 2.45) is 0 Å². The standard InChI is InChI=1S/C15H21IO2/c1-11(2)12-4-6-13(7-5-12)15(3,10-16)18-14-8-17-9-14/h4-7,11,14H,8-10H2,1-3H3. The smallest absolute Gasteiger partial charge is 0.105 e. The Kier molecular flexibility index (Phi) is 4.67. The summed E-state index contributed by atoms with van der Waals surface area (Å²) in [5.41, 5.74) is 2.43. The topological polar surface area (TPSA) is 18.5 Å². The minimum Gasteiger partial charge on any atom is -0.376 e. The second-order valence-electron chi connectivity index (χ2n) is 5.42. The van der Waals surface area contributed by atoms with Gasteiger partial charge in [-0.15, -0.1) is 0 Å². The van der Waals surface area contributed by atoms with Gasteiger partial charge >= 0.3 is 0 Å². The summed E-state index contributed by atoms with van der Waals surface area (Å²) in [7, 11) is 0. The van der Waals surface area contributed by atoms with Gasteiger partial charge in [-0.05, 0) is 24.0 Å². The summed E-state index contributed by atoms with van der Waals surface area (Å²) in [6.45, 7) is 8.07. The number of alkyl halides is 1. The first-order chi connectivity index (χ1) is 8.55. The van der Waals surface area contributed by atoms with E-state index in [1.165, 1.54) is 11.1 Å². The second-order valence-corrected chi connectivity index (χ2v) is 6.18. The van der Waals surface area contributed by atoms with Crippen LogP contribution < -0.4 is 0 Å². The first-order valence-electron chi connectivity index (χ1n) is 6.47. The molecular formula is C15H21IO2. The molecule has 0 aliphatic carbocycles. The van der Waals surface area contributed by atoms with E-state index in [2.05, 4.69) is 67.6 Å². The molecule has 2 rings (SSSR count). The Morgan fingerprint density at radius 3 is 2.33 bits per heavy atom. The van der Waals surface area contributed by atoms with Gasteiger partial charge in [0.1, 0.15) is 6.10 Å². The third-order valence-electron chi connectivity index (χ3n) is 3.48. The minimum atomic E-state index is -0.204. The van der Waals surface area contributed by atoms with Crippen molar-refractivity contribution in [2.75, 3.05) is 17.6 Å². The summed E-state index contributed by atoms with van der Waals surface area (Å²) >= 11 is 2.40. The molecule has 1 unspecified atom stereocenters. The van der Waals surface area contributed by atoms with Gasteiger partial charge in [0, 0.05) is 4.43 Å². The highest BCUT2D eigenvalue weighted by Gasteiger charge is 2.33. The van der Waals surface area contributed by atoms with Gasteiger partial charge in [0.25, 0.3) is 0 Å². The van der Waals surface area contributed by atoms with E-state index < -0.39 is 0 Å². The van der Waals surface area contributed by atoms with Gasteiger partial charge in [-0.1, -0.05) is 60.7 Å². The molecule has 0 N–H and O–H groups in total. The van der Waals surface area contributed by atoms with Crippen molar-refractivity contribution in [3.63, 3.8) is 0 Å². The van der Waals surface area contributed by atoms with Crippen LogP contribution >= 0.6 is 22.6 Å². The van der Waals surface area contributed by atoms with E-state index >= 15 is 0 Å². The predicted octanol–water partition coefficient (Wildman–Crippen LogP) is 3.88. The molecule has 0 spiro atoms. The zero-order valence-corrected chi connectivity index (χ0v) is 13.4. The van der Waals surface area contributed by atoms with Crippen LogP contribution in [0.5, 0.6) is 0 Å². The van der Waals surface area contributed by atoms with E-state index in [1.807, 2.05) is 0 Å². The zero-order valence-electron chi connectivity index (χ0n) is 11.3. The Hall–Kier alpha value is -0.130. The average Bonchev–Trinajstić information content (AvgIpc) is 2.34. The molecule has 1 fully saturated rings. The first kappa shape index (κ1) is 14.3. The van der Waals surface area contributed by atoms with Crippen LogP contribution in [0.25, 0.3) is 0 Å². The van der Waals surface area contributed by atoms with Crippen molar-refractivity contribution in [3.8, 4) is 0 Å². The fraction of sp³-hybridized carbons (Fsp3) is 0.600. The van der Waals surface area contributed by atoms with Crippen LogP contribution in [-0.4, -0.2) is 23.7 Å². The molecule has 1 heterocycles. The van der Waals surface area contributed by atoms with Gasteiger partial charge in [0.2, 0.25) is 0 Å². The van der Waals surface area contributed by atoms with Gasteiger partial charge in [-0.25, -0.2) is 0 Å². The van der Waals surface area contributed by atoms with Crippen LogP contribution in [0.4, 0.5) is 0 Å². The summed E-state index contributed by atoms with van der Waals surface area (Å²) in [5, 5.41) is 0. The molecule has 3 heteroatoms. The summed E-state index contributed by atoms with van der Waals surface area (Å²) in [5.74, 6) is 0.575. The molecule has 0 aromatic heterocycles. The van der Waals surface area contributed by atoms with Gasteiger partial charge in [0.15, 0.2) is 0 Å². The number of rotatable bonds is 5. The Labute approximate surface area is 123 Å². The molecule has 0 bridgehead atoms. The van der Waals surface area contributed by atoms with E-state index in [0.29, 0.717) is 5.92 Å². The Bertz CT molecular complexity index is 384. The molecule has 0 radical (unpaired) electrons. The quantitative estimate of drug-likeness (QED) is 0.586. The molecule has 100 valence electrons. The van der Waals surface area contributed by atoms with Crippen molar-refractivity contribution in [3.05, 3.63) is 35.4 Å². The fourth-order valence-electron chi connectivity index (χ4n) is 2.05. The van der Waals surface area contributed by atoms with Crippen LogP contribution in [0, 0.1) is 0 Å². The van der Waals surface area contributed by atoms with E-state index in [1.54, 1.807) is 0 Å². The van der Waals surface area contributed by atoms with Crippen LogP contribution in [-0.2, 0) is 15.1 Å². The van der Waals surface area contributed by atoms with Crippen molar-refractivity contribution in [1.82, 2.24) is 0 Å². The Morgan fingerprint density at radius 1 is 1.33 bits per heavy atom. The SMILES string of the molecule is CC(C)c1ccc(C(C)(CI)OC2COC2)cc1. The molecular weight excluding hydrogens is 339 g/mol.